The van der Waals surface area contributed by atoms with E-state index in [4.69, 9.17) is 5.73 Å². The van der Waals surface area contributed by atoms with Gasteiger partial charge in [-0.15, -0.1) is 11.3 Å². The highest BCUT2D eigenvalue weighted by atomic mass is 32.1. The van der Waals surface area contributed by atoms with Crippen LogP contribution in [0.4, 0.5) is 5.95 Å². The van der Waals surface area contributed by atoms with Gasteiger partial charge in [0.05, 0.1) is 11.7 Å². The van der Waals surface area contributed by atoms with Gasteiger partial charge in [-0.05, 0) is 12.8 Å². The quantitative estimate of drug-likeness (QED) is 0.800. The van der Waals surface area contributed by atoms with Gasteiger partial charge in [-0.2, -0.15) is 5.10 Å². The molecule has 0 aliphatic heterocycles. The van der Waals surface area contributed by atoms with Crippen molar-refractivity contribution >= 4 is 28.4 Å². The molecule has 1 atom stereocenters. The predicted molar refractivity (Wildman–Crippen MR) is 80.8 cm³/mol. The van der Waals surface area contributed by atoms with Crippen molar-refractivity contribution in [3.63, 3.8) is 0 Å². The molecule has 3 rings (SSSR count). The van der Waals surface area contributed by atoms with Crippen molar-refractivity contribution < 1.29 is 0 Å². The van der Waals surface area contributed by atoms with E-state index in [1.807, 2.05) is 23.3 Å². The molecule has 3 aromatic rings. The van der Waals surface area contributed by atoms with Gasteiger partial charge in [0.25, 0.3) is 0 Å². The Kier molecular flexibility index (Phi) is 3.21. The van der Waals surface area contributed by atoms with E-state index in [0.29, 0.717) is 5.95 Å². The molecule has 2 N–H and O–H groups in total. The smallest absolute Gasteiger partial charge is 0.203 e. The molecule has 106 valence electrons. The molecular weight excluding hydrogens is 272 g/mol. The van der Waals surface area contributed by atoms with Crippen LogP contribution in [0.15, 0.2) is 11.6 Å². The zero-order valence-corrected chi connectivity index (χ0v) is 12.7. The van der Waals surface area contributed by atoms with Crippen molar-refractivity contribution in [2.24, 2.45) is 7.05 Å². The van der Waals surface area contributed by atoms with Crippen LogP contribution in [0.1, 0.15) is 37.0 Å². The minimum absolute atomic E-state index is 0.111. The van der Waals surface area contributed by atoms with Gasteiger partial charge >= 0.3 is 0 Å². The summed E-state index contributed by atoms with van der Waals surface area (Å²) in [7, 11) is 1.94. The Labute approximate surface area is 121 Å². The van der Waals surface area contributed by atoms with E-state index in [1.54, 1.807) is 11.3 Å². The third kappa shape index (κ3) is 1.81. The third-order valence-electron chi connectivity index (χ3n) is 3.53. The highest BCUT2D eigenvalue weighted by Gasteiger charge is 2.24. The maximum absolute atomic E-state index is 6.16. The predicted octanol–water partition coefficient (Wildman–Crippen LogP) is 2.37. The summed E-state index contributed by atoms with van der Waals surface area (Å²) < 4.78 is 3.92. The molecule has 0 saturated carbocycles. The van der Waals surface area contributed by atoms with Gasteiger partial charge in [-0.3, -0.25) is 9.25 Å². The number of aryl methyl sites for hydroxylation is 2. The molecule has 0 aliphatic carbocycles. The molecule has 1 unspecified atom stereocenters. The number of rotatable bonds is 4. The fourth-order valence-electron chi connectivity index (χ4n) is 2.63. The van der Waals surface area contributed by atoms with Crippen LogP contribution in [-0.4, -0.2) is 24.3 Å². The first kappa shape index (κ1) is 13.1. The Bertz CT molecular complexity index is 724. The van der Waals surface area contributed by atoms with Crippen LogP contribution in [-0.2, 0) is 13.5 Å². The summed E-state index contributed by atoms with van der Waals surface area (Å²) in [5, 5.41) is 7.57. The standard InChI is InChI=1S/C13H18N6S/c1-4-8-10-12(18(3)17-8)19(13(14)16-10)9(5-2)11-15-6-7-20-11/h6-7,9H,4-5H2,1-3H3,(H2,14,16). The highest BCUT2D eigenvalue weighted by Crippen LogP contribution is 2.31. The first-order chi connectivity index (χ1) is 9.67. The maximum Gasteiger partial charge on any atom is 0.203 e. The molecule has 0 radical (unpaired) electrons. The van der Waals surface area contributed by atoms with Gasteiger partial charge in [0, 0.05) is 18.6 Å². The molecular formula is C13H18N6S. The molecule has 7 heteroatoms. The van der Waals surface area contributed by atoms with Gasteiger partial charge in [0.2, 0.25) is 5.95 Å². The van der Waals surface area contributed by atoms with Crippen LogP contribution >= 0.6 is 11.3 Å². The number of hydrogen-bond donors (Lipinski definition) is 1. The Hall–Kier alpha value is -1.89. The maximum atomic E-state index is 6.16. The first-order valence-electron chi connectivity index (χ1n) is 6.76. The summed E-state index contributed by atoms with van der Waals surface area (Å²) in [6.07, 6.45) is 3.59. The average Bonchev–Trinajstić information content (AvgIpc) is 3.11. The third-order valence-corrected chi connectivity index (χ3v) is 4.41. The molecule has 0 aliphatic rings. The molecule has 0 fully saturated rings. The van der Waals surface area contributed by atoms with Crippen LogP contribution in [0.2, 0.25) is 0 Å². The summed E-state index contributed by atoms with van der Waals surface area (Å²) in [6.45, 7) is 4.21. The second-order valence-electron chi connectivity index (χ2n) is 4.73. The van der Waals surface area contributed by atoms with E-state index in [-0.39, 0.29) is 6.04 Å². The molecule has 0 spiro atoms. The Morgan fingerprint density at radius 3 is 2.80 bits per heavy atom. The van der Waals surface area contributed by atoms with E-state index in [0.717, 1.165) is 34.7 Å². The van der Waals surface area contributed by atoms with Gasteiger partial charge in [-0.1, -0.05) is 13.8 Å². The van der Waals surface area contributed by atoms with Crippen molar-refractivity contribution in [2.45, 2.75) is 32.7 Å². The van der Waals surface area contributed by atoms with Crippen molar-refractivity contribution in [1.82, 2.24) is 24.3 Å². The van der Waals surface area contributed by atoms with Crippen LogP contribution < -0.4 is 5.73 Å². The van der Waals surface area contributed by atoms with Gasteiger partial charge in [-0.25, -0.2) is 9.97 Å². The summed E-state index contributed by atoms with van der Waals surface area (Å²) in [5.74, 6) is 0.532. The molecule has 6 nitrogen and oxygen atoms in total. The lowest BCUT2D eigenvalue weighted by atomic mass is 10.2. The van der Waals surface area contributed by atoms with Crippen molar-refractivity contribution in [3.8, 4) is 0 Å². The number of hydrogen-bond acceptors (Lipinski definition) is 5. The second kappa shape index (κ2) is 4.90. The minimum Gasteiger partial charge on any atom is -0.369 e. The van der Waals surface area contributed by atoms with Crippen LogP contribution in [0, 0.1) is 0 Å². The van der Waals surface area contributed by atoms with E-state index in [2.05, 4.69) is 33.5 Å². The topological polar surface area (TPSA) is 74.6 Å². The van der Waals surface area contributed by atoms with Gasteiger partial charge < -0.3 is 5.73 Å². The fourth-order valence-corrected chi connectivity index (χ4v) is 3.44. The summed E-state index contributed by atoms with van der Waals surface area (Å²) in [5.41, 5.74) is 9.03. The largest absolute Gasteiger partial charge is 0.369 e. The Balaban J connectivity index is 2.24. The van der Waals surface area contributed by atoms with Crippen molar-refractivity contribution in [1.29, 1.82) is 0 Å². The Morgan fingerprint density at radius 1 is 1.40 bits per heavy atom. The normalized spacial score (nSPS) is 13.2. The highest BCUT2D eigenvalue weighted by molar-refractivity contribution is 7.09. The van der Waals surface area contributed by atoms with Gasteiger partial charge in [0.15, 0.2) is 5.65 Å². The molecule has 3 aromatic heterocycles. The molecule has 20 heavy (non-hydrogen) atoms. The number of imidazole rings is 1. The van der Waals surface area contributed by atoms with Crippen LogP contribution in [0.3, 0.4) is 0 Å². The lowest BCUT2D eigenvalue weighted by Gasteiger charge is -2.16. The monoisotopic (exact) mass is 290 g/mol. The van der Waals surface area contributed by atoms with Crippen molar-refractivity contribution in [3.05, 3.63) is 22.3 Å². The number of anilines is 1. The lowest BCUT2D eigenvalue weighted by Crippen LogP contribution is -2.14. The van der Waals surface area contributed by atoms with Crippen LogP contribution in [0.25, 0.3) is 11.2 Å². The lowest BCUT2D eigenvalue weighted by molar-refractivity contribution is 0.569. The number of aromatic nitrogens is 5. The zero-order valence-electron chi connectivity index (χ0n) is 11.9. The first-order valence-corrected chi connectivity index (χ1v) is 7.64. The SMILES string of the molecule is CCc1nn(C)c2c1nc(N)n2C(CC)c1nccs1. The minimum atomic E-state index is 0.111. The zero-order chi connectivity index (χ0) is 14.3. The van der Waals surface area contributed by atoms with E-state index in [9.17, 15) is 0 Å². The summed E-state index contributed by atoms with van der Waals surface area (Å²) in [6, 6.07) is 0.111. The molecule has 0 amide bonds. The van der Waals surface area contributed by atoms with Crippen LogP contribution in [0.5, 0.6) is 0 Å². The van der Waals surface area contributed by atoms with E-state index in [1.165, 1.54) is 0 Å². The summed E-state index contributed by atoms with van der Waals surface area (Å²) in [4.78, 5) is 8.95. The summed E-state index contributed by atoms with van der Waals surface area (Å²) >= 11 is 1.64. The number of fused-ring (bicyclic) bond motifs is 1. The number of nitrogen functional groups attached to an aromatic ring is 1. The van der Waals surface area contributed by atoms with Gasteiger partial charge in [0.1, 0.15) is 10.5 Å². The van der Waals surface area contributed by atoms with Crippen molar-refractivity contribution in [2.75, 3.05) is 5.73 Å². The molecule has 3 heterocycles. The molecule has 0 bridgehead atoms. The number of nitrogens with two attached hydrogens (primary N) is 1. The van der Waals surface area contributed by atoms with E-state index >= 15 is 0 Å². The fraction of sp³-hybridized carbons (Fsp3) is 0.462. The van der Waals surface area contributed by atoms with E-state index < -0.39 is 0 Å². The number of thiazole rings is 1. The molecule has 0 aromatic carbocycles. The molecule has 0 saturated heterocycles. The average molecular weight is 290 g/mol. The number of nitrogens with zero attached hydrogens (tertiary/aromatic N) is 5. The Morgan fingerprint density at radius 2 is 2.20 bits per heavy atom. The second-order valence-corrected chi connectivity index (χ2v) is 5.66.